The van der Waals surface area contributed by atoms with Crippen LogP contribution < -0.4 is 5.73 Å². The molecule has 2 N–H and O–H groups in total. The fourth-order valence-electron chi connectivity index (χ4n) is 2.73. The van der Waals surface area contributed by atoms with Crippen molar-refractivity contribution in [3.05, 3.63) is 30.1 Å². The van der Waals surface area contributed by atoms with Crippen molar-refractivity contribution < 1.29 is 8.42 Å². The predicted molar refractivity (Wildman–Crippen MR) is 79.7 cm³/mol. The fraction of sp³-hybridized carbons (Fsp3) is 0.643. The molecule has 1 unspecified atom stereocenters. The van der Waals surface area contributed by atoms with E-state index in [9.17, 15) is 8.42 Å². The Morgan fingerprint density at radius 2 is 2.10 bits per heavy atom. The lowest BCUT2D eigenvalue weighted by Crippen LogP contribution is -2.37. The second kappa shape index (κ2) is 7.15. The highest BCUT2D eigenvalue weighted by molar-refractivity contribution is 7.89. The Labute approximate surface area is 121 Å². The van der Waals surface area contributed by atoms with Crippen LogP contribution in [0.4, 0.5) is 0 Å². The van der Waals surface area contributed by atoms with Gasteiger partial charge in [-0.25, -0.2) is 8.42 Å². The van der Waals surface area contributed by atoms with Crippen LogP contribution in [0.1, 0.15) is 31.2 Å². The van der Waals surface area contributed by atoms with Crippen LogP contribution in [-0.4, -0.2) is 42.6 Å². The highest BCUT2D eigenvalue weighted by Crippen LogP contribution is 2.25. The molecule has 1 aliphatic rings. The van der Waals surface area contributed by atoms with E-state index in [1.165, 1.54) is 0 Å². The van der Waals surface area contributed by atoms with Gasteiger partial charge in [-0.15, -0.1) is 0 Å². The molecule has 0 aromatic carbocycles. The van der Waals surface area contributed by atoms with Crippen LogP contribution in [0, 0.1) is 0 Å². The van der Waals surface area contributed by atoms with Gasteiger partial charge in [-0.05, 0) is 56.3 Å². The average Bonchev–Trinajstić information content (AvgIpc) is 2.93. The van der Waals surface area contributed by atoms with Crippen LogP contribution >= 0.6 is 0 Å². The number of sulfonamides is 1. The summed E-state index contributed by atoms with van der Waals surface area (Å²) in [5.74, 6) is 0.177. The quantitative estimate of drug-likeness (QED) is 0.819. The van der Waals surface area contributed by atoms with E-state index in [-0.39, 0.29) is 11.8 Å². The van der Waals surface area contributed by atoms with Gasteiger partial charge >= 0.3 is 0 Å². The summed E-state index contributed by atoms with van der Waals surface area (Å²) < 4.78 is 26.6. The summed E-state index contributed by atoms with van der Waals surface area (Å²) in [5, 5.41) is 0. The average molecular weight is 297 g/mol. The van der Waals surface area contributed by atoms with Gasteiger partial charge in [0, 0.05) is 25.0 Å². The van der Waals surface area contributed by atoms with Crippen molar-refractivity contribution in [2.75, 3.05) is 18.8 Å². The Bertz CT molecular complexity index is 504. The summed E-state index contributed by atoms with van der Waals surface area (Å²) in [7, 11) is -3.17. The van der Waals surface area contributed by atoms with Gasteiger partial charge in [-0.3, -0.25) is 4.98 Å². The third-order valence-electron chi connectivity index (χ3n) is 3.82. The molecule has 2 rings (SSSR count). The third kappa shape index (κ3) is 4.01. The second-order valence-electron chi connectivity index (χ2n) is 5.26. The van der Waals surface area contributed by atoms with Gasteiger partial charge < -0.3 is 5.73 Å². The van der Waals surface area contributed by atoms with Crippen molar-refractivity contribution in [2.24, 2.45) is 5.73 Å². The van der Waals surface area contributed by atoms with Crippen LogP contribution in [-0.2, 0) is 16.4 Å². The molecule has 1 aromatic rings. The molecule has 2 heterocycles. The van der Waals surface area contributed by atoms with Crippen LogP contribution in [0.5, 0.6) is 0 Å². The van der Waals surface area contributed by atoms with E-state index in [1.54, 1.807) is 16.7 Å². The molecule has 0 bridgehead atoms. The summed E-state index contributed by atoms with van der Waals surface area (Å²) in [6, 6.07) is 3.89. The topological polar surface area (TPSA) is 76.3 Å². The Morgan fingerprint density at radius 1 is 1.35 bits per heavy atom. The predicted octanol–water partition coefficient (Wildman–Crippen LogP) is 1.16. The van der Waals surface area contributed by atoms with Gasteiger partial charge in [0.15, 0.2) is 0 Å². The van der Waals surface area contributed by atoms with Crippen molar-refractivity contribution >= 4 is 10.0 Å². The van der Waals surface area contributed by atoms with Crippen LogP contribution in [0.2, 0.25) is 0 Å². The number of nitrogens with two attached hydrogens (primary N) is 1. The monoisotopic (exact) mass is 297 g/mol. The summed E-state index contributed by atoms with van der Waals surface area (Å²) in [4.78, 5) is 3.94. The Balaban J connectivity index is 1.95. The zero-order chi connectivity index (χ0) is 14.4. The van der Waals surface area contributed by atoms with Gasteiger partial charge in [-0.2, -0.15) is 4.31 Å². The largest absolute Gasteiger partial charge is 0.330 e. The summed E-state index contributed by atoms with van der Waals surface area (Å²) in [6.45, 7) is 1.29. The molecular weight excluding hydrogens is 274 g/mol. The lowest BCUT2D eigenvalue weighted by Gasteiger charge is -2.24. The van der Waals surface area contributed by atoms with E-state index in [0.29, 0.717) is 19.5 Å². The SMILES string of the molecule is NCCCC1CCCN1S(=O)(=O)CCc1ccncc1. The third-order valence-corrected chi connectivity index (χ3v) is 5.74. The van der Waals surface area contributed by atoms with Gasteiger partial charge in [-0.1, -0.05) is 0 Å². The minimum atomic E-state index is -3.17. The van der Waals surface area contributed by atoms with Crippen molar-refractivity contribution in [2.45, 2.75) is 38.1 Å². The maximum absolute atomic E-state index is 12.5. The maximum Gasteiger partial charge on any atom is 0.214 e. The summed E-state index contributed by atoms with van der Waals surface area (Å²) in [6.07, 6.45) is 7.64. The van der Waals surface area contributed by atoms with Gasteiger partial charge in [0.2, 0.25) is 10.0 Å². The van der Waals surface area contributed by atoms with E-state index >= 15 is 0 Å². The molecule has 1 aliphatic heterocycles. The molecule has 5 nitrogen and oxygen atoms in total. The van der Waals surface area contributed by atoms with Crippen molar-refractivity contribution in [1.29, 1.82) is 0 Å². The van der Waals surface area contributed by atoms with Gasteiger partial charge in [0.25, 0.3) is 0 Å². The van der Waals surface area contributed by atoms with Crippen LogP contribution in [0.15, 0.2) is 24.5 Å². The molecule has 0 amide bonds. The first-order valence-electron chi connectivity index (χ1n) is 7.22. The van der Waals surface area contributed by atoms with Crippen molar-refractivity contribution in [1.82, 2.24) is 9.29 Å². The van der Waals surface area contributed by atoms with Crippen LogP contribution in [0.3, 0.4) is 0 Å². The van der Waals surface area contributed by atoms with E-state index in [2.05, 4.69) is 4.98 Å². The van der Waals surface area contributed by atoms with E-state index < -0.39 is 10.0 Å². The molecule has 0 aliphatic carbocycles. The molecule has 1 saturated heterocycles. The maximum atomic E-state index is 12.5. The molecule has 0 spiro atoms. The number of nitrogens with zero attached hydrogens (tertiary/aromatic N) is 2. The molecule has 0 saturated carbocycles. The normalized spacial score (nSPS) is 20.4. The lowest BCUT2D eigenvalue weighted by atomic mass is 10.1. The Hall–Kier alpha value is -0.980. The molecule has 1 aromatic heterocycles. The van der Waals surface area contributed by atoms with E-state index in [1.807, 2.05) is 12.1 Å². The molecule has 1 atom stereocenters. The highest BCUT2D eigenvalue weighted by atomic mass is 32.2. The minimum Gasteiger partial charge on any atom is -0.330 e. The fourth-order valence-corrected chi connectivity index (χ4v) is 4.53. The van der Waals surface area contributed by atoms with E-state index in [0.717, 1.165) is 31.2 Å². The molecule has 6 heteroatoms. The Morgan fingerprint density at radius 3 is 2.80 bits per heavy atom. The number of rotatable bonds is 7. The number of pyridine rings is 1. The van der Waals surface area contributed by atoms with E-state index in [4.69, 9.17) is 5.73 Å². The smallest absolute Gasteiger partial charge is 0.214 e. The number of aryl methyl sites for hydroxylation is 1. The second-order valence-corrected chi connectivity index (χ2v) is 7.30. The number of hydrogen-bond donors (Lipinski definition) is 1. The summed E-state index contributed by atoms with van der Waals surface area (Å²) >= 11 is 0. The lowest BCUT2D eigenvalue weighted by molar-refractivity contribution is 0.365. The van der Waals surface area contributed by atoms with Gasteiger partial charge in [0.1, 0.15) is 0 Å². The van der Waals surface area contributed by atoms with Crippen molar-refractivity contribution in [3.63, 3.8) is 0 Å². The first kappa shape index (κ1) is 15.4. The van der Waals surface area contributed by atoms with Crippen LogP contribution in [0.25, 0.3) is 0 Å². The zero-order valence-corrected chi connectivity index (χ0v) is 12.6. The molecule has 112 valence electrons. The van der Waals surface area contributed by atoms with Gasteiger partial charge in [0.05, 0.1) is 5.75 Å². The number of aromatic nitrogens is 1. The minimum absolute atomic E-state index is 0.154. The zero-order valence-electron chi connectivity index (χ0n) is 11.7. The summed E-state index contributed by atoms with van der Waals surface area (Å²) in [5.41, 5.74) is 6.54. The number of hydrogen-bond acceptors (Lipinski definition) is 4. The molecule has 0 radical (unpaired) electrons. The highest BCUT2D eigenvalue weighted by Gasteiger charge is 2.33. The molecular formula is C14H23N3O2S. The first-order valence-corrected chi connectivity index (χ1v) is 8.83. The van der Waals surface area contributed by atoms with Crippen molar-refractivity contribution in [3.8, 4) is 0 Å². The molecule has 20 heavy (non-hydrogen) atoms. The standard InChI is InChI=1S/C14H23N3O2S/c15-8-1-3-14-4-2-11-17(14)20(18,19)12-7-13-5-9-16-10-6-13/h5-6,9-10,14H,1-4,7-8,11-12,15H2. The first-order chi connectivity index (χ1) is 9.63. The molecule has 1 fully saturated rings. The Kier molecular flexibility index (Phi) is 5.51.